The van der Waals surface area contributed by atoms with Gasteiger partial charge in [0.25, 0.3) is 0 Å². The Morgan fingerprint density at radius 2 is 2.11 bits per heavy atom. The summed E-state index contributed by atoms with van der Waals surface area (Å²) in [5, 5.41) is 3.34. The molecule has 2 aromatic rings. The van der Waals surface area contributed by atoms with Gasteiger partial charge in [-0.25, -0.2) is 4.98 Å². The number of nitrogens with one attached hydrogen (secondary N) is 1. The summed E-state index contributed by atoms with van der Waals surface area (Å²) in [6.45, 7) is 3.05. The Balaban J connectivity index is 1.70. The zero-order chi connectivity index (χ0) is 13.2. The largest absolute Gasteiger partial charge is 0.454 e. The molecular formula is C14H13BrN2O2. The predicted molar refractivity (Wildman–Crippen MR) is 76.6 cm³/mol. The van der Waals surface area contributed by atoms with Crippen LogP contribution in [0.15, 0.2) is 35.1 Å². The minimum atomic E-state index is 0.308. The molecule has 1 aromatic carbocycles. The average Bonchev–Trinajstić information content (AvgIpc) is 2.87. The van der Waals surface area contributed by atoms with Gasteiger partial charge >= 0.3 is 0 Å². The molecule has 0 saturated heterocycles. The van der Waals surface area contributed by atoms with Gasteiger partial charge in [-0.2, -0.15) is 0 Å². The van der Waals surface area contributed by atoms with Crippen LogP contribution in [0.1, 0.15) is 11.1 Å². The molecule has 1 aliphatic rings. The molecule has 0 bridgehead atoms. The topological polar surface area (TPSA) is 43.4 Å². The number of fused-ring (bicyclic) bond motifs is 1. The van der Waals surface area contributed by atoms with Crippen LogP contribution in [0.5, 0.6) is 11.5 Å². The molecule has 2 heterocycles. The number of aryl methyl sites for hydroxylation is 1. The highest BCUT2D eigenvalue weighted by atomic mass is 79.9. The van der Waals surface area contributed by atoms with E-state index in [9.17, 15) is 0 Å². The van der Waals surface area contributed by atoms with Crippen molar-refractivity contribution >= 4 is 21.6 Å². The van der Waals surface area contributed by atoms with E-state index in [0.717, 1.165) is 39.5 Å². The smallest absolute Gasteiger partial charge is 0.231 e. The Labute approximate surface area is 119 Å². The van der Waals surface area contributed by atoms with Gasteiger partial charge in [0.05, 0.1) is 11.9 Å². The fraction of sp³-hybridized carbons (Fsp3) is 0.214. The maximum Gasteiger partial charge on any atom is 0.231 e. The molecule has 3 rings (SSSR count). The summed E-state index contributed by atoms with van der Waals surface area (Å²) in [6, 6.07) is 8.02. The molecule has 1 aliphatic heterocycles. The van der Waals surface area contributed by atoms with Crippen molar-refractivity contribution in [3.63, 3.8) is 0 Å². The van der Waals surface area contributed by atoms with Crippen LogP contribution in [-0.2, 0) is 6.54 Å². The first-order chi connectivity index (χ1) is 9.22. The van der Waals surface area contributed by atoms with E-state index in [2.05, 4.69) is 32.3 Å². The molecule has 0 fully saturated rings. The average molecular weight is 321 g/mol. The van der Waals surface area contributed by atoms with Crippen molar-refractivity contribution < 1.29 is 9.47 Å². The lowest BCUT2D eigenvalue weighted by molar-refractivity contribution is 0.174. The van der Waals surface area contributed by atoms with Crippen LogP contribution in [0.2, 0.25) is 0 Å². The minimum absolute atomic E-state index is 0.308. The van der Waals surface area contributed by atoms with Gasteiger partial charge in [0.2, 0.25) is 6.79 Å². The van der Waals surface area contributed by atoms with E-state index in [4.69, 9.17) is 9.47 Å². The highest BCUT2D eigenvalue weighted by molar-refractivity contribution is 9.10. The van der Waals surface area contributed by atoms with Crippen LogP contribution < -0.4 is 14.8 Å². The van der Waals surface area contributed by atoms with E-state index >= 15 is 0 Å². The molecule has 4 nitrogen and oxygen atoms in total. The van der Waals surface area contributed by atoms with Crippen LogP contribution in [0.25, 0.3) is 0 Å². The second-order valence-corrected chi connectivity index (χ2v) is 5.12. The SMILES string of the molecule is Cc1cc(NCc2ccc3c(c2)OCO3)cnc1Br. The quantitative estimate of drug-likeness (QED) is 0.879. The Bertz CT molecular complexity index is 616. The van der Waals surface area contributed by atoms with E-state index < -0.39 is 0 Å². The van der Waals surface area contributed by atoms with Crippen molar-refractivity contribution in [1.82, 2.24) is 4.98 Å². The molecule has 98 valence electrons. The highest BCUT2D eigenvalue weighted by Crippen LogP contribution is 2.32. The molecule has 0 radical (unpaired) electrons. The maximum absolute atomic E-state index is 5.36. The van der Waals surface area contributed by atoms with Crippen molar-refractivity contribution in [3.05, 3.63) is 46.2 Å². The first-order valence-electron chi connectivity index (χ1n) is 5.97. The number of hydrogen-bond donors (Lipinski definition) is 1. The summed E-state index contributed by atoms with van der Waals surface area (Å²) >= 11 is 3.39. The molecule has 0 aliphatic carbocycles. The van der Waals surface area contributed by atoms with Gasteiger partial charge in [-0.05, 0) is 52.2 Å². The molecule has 0 spiro atoms. The van der Waals surface area contributed by atoms with Crippen molar-refractivity contribution in [2.45, 2.75) is 13.5 Å². The van der Waals surface area contributed by atoms with Crippen molar-refractivity contribution in [1.29, 1.82) is 0 Å². The first-order valence-corrected chi connectivity index (χ1v) is 6.76. The summed E-state index contributed by atoms with van der Waals surface area (Å²) in [4.78, 5) is 4.26. The number of aromatic nitrogens is 1. The van der Waals surface area contributed by atoms with Gasteiger partial charge in [-0.15, -0.1) is 0 Å². The third kappa shape index (κ3) is 2.66. The van der Waals surface area contributed by atoms with Crippen LogP contribution in [0, 0.1) is 6.92 Å². The number of rotatable bonds is 3. The molecule has 19 heavy (non-hydrogen) atoms. The zero-order valence-electron chi connectivity index (χ0n) is 10.4. The molecule has 0 atom stereocenters. The van der Waals surface area contributed by atoms with Crippen LogP contribution in [0.4, 0.5) is 5.69 Å². The lowest BCUT2D eigenvalue weighted by atomic mass is 10.2. The number of nitrogens with zero attached hydrogens (tertiary/aromatic N) is 1. The van der Waals surface area contributed by atoms with E-state index in [-0.39, 0.29) is 0 Å². The number of benzene rings is 1. The summed E-state index contributed by atoms with van der Waals surface area (Å²) in [7, 11) is 0. The number of ether oxygens (including phenoxy) is 2. The Hall–Kier alpha value is -1.75. The Kier molecular flexibility index (Phi) is 3.29. The van der Waals surface area contributed by atoms with E-state index in [1.54, 1.807) is 0 Å². The lowest BCUT2D eigenvalue weighted by Gasteiger charge is -2.08. The second-order valence-electron chi connectivity index (χ2n) is 4.37. The van der Waals surface area contributed by atoms with E-state index in [1.165, 1.54) is 0 Å². The monoisotopic (exact) mass is 320 g/mol. The van der Waals surface area contributed by atoms with Gasteiger partial charge in [0.1, 0.15) is 4.60 Å². The lowest BCUT2D eigenvalue weighted by Crippen LogP contribution is -2.00. The standard InChI is InChI=1S/C14H13BrN2O2/c1-9-4-11(7-17-14(9)15)16-6-10-2-3-12-13(5-10)19-8-18-12/h2-5,7,16H,6,8H2,1H3. The van der Waals surface area contributed by atoms with Crippen molar-refractivity contribution in [2.75, 3.05) is 12.1 Å². The van der Waals surface area contributed by atoms with Gasteiger partial charge in [-0.3, -0.25) is 0 Å². The van der Waals surface area contributed by atoms with E-state index in [0.29, 0.717) is 6.79 Å². The summed E-state index contributed by atoms with van der Waals surface area (Å²) in [5.74, 6) is 1.62. The number of anilines is 1. The molecule has 0 saturated carbocycles. The van der Waals surface area contributed by atoms with Crippen molar-refractivity contribution in [3.8, 4) is 11.5 Å². The maximum atomic E-state index is 5.36. The molecule has 0 unspecified atom stereocenters. The zero-order valence-corrected chi connectivity index (χ0v) is 12.0. The molecule has 1 N–H and O–H groups in total. The normalized spacial score (nSPS) is 12.5. The van der Waals surface area contributed by atoms with Gasteiger partial charge in [-0.1, -0.05) is 6.07 Å². The molecular weight excluding hydrogens is 308 g/mol. The Morgan fingerprint density at radius 3 is 2.95 bits per heavy atom. The molecule has 0 amide bonds. The Morgan fingerprint density at radius 1 is 1.26 bits per heavy atom. The summed E-state index contributed by atoms with van der Waals surface area (Å²) in [5.41, 5.74) is 3.25. The van der Waals surface area contributed by atoms with Gasteiger partial charge in [0, 0.05) is 6.54 Å². The fourth-order valence-electron chi connectivity index (χ4n) is 1.91. The van der Waals surface area contributed by atoms with Crippen LogP contribution in [-0.4, -0.2) is 11.8 Å². The summed E-state index contributed by atoms with van der Waals surface area (Å²) in [6.07, 6.45) is 1.81. The summed E-state index contributed by atoms with van der Waals surface area (Å²) < 4.78 is 11.5. The van der Waals surface area contributed by atoms with Crippen molar-refractivity contribution in [2.24, 2.45) is 0 Å². The first kappa shape index (κ1) is 12.3. The third-order valence-electron chi connectivity index (χ3n) is 2.95. The minimum Gasteiger partial charge on any atom is -0.454 e. The van der Waals surface area contributed by atoms with Gasteiger partial charge < -0.3 is 14.8 Å². The fourth-order valence-corrected chi connectivity index (χ4v) is 2.13. The predicted octanol–water partition coefficient (Wildman–Crippen LogP) is 3.49. The number of pyridine rings is 1. The number of hydrogen-bond acceptors (Lipinski definition) is 4. The second kappa shape index (κ2) is 5.09. The molecule has 1 aromatic heterocycles. The van der Waals surface area contributed by atoms with E-state index in [1.807, 2.05) is 31.3 Å². The van der Waals surface area contributed by atoms with Crippen LogP contribution >= 0.6 is 15.9 Å². The number of halogens is 1. The highest BCUT2D eigenvalue weighted by Gasteiger charge is 2.12. The van der Waals surface area contributed by atoms with Crippen LogP contribution in [0.3, 0.4) is 0 Å². The van der Waals surface area contributed by atoms with Gasteiger partial charge in [0.15, 0.2) is 11.5 Å². The molecule has 5 heteroatoms. The third-order valence-corrected chi connectivity index (χ3v) is 3.78.